The van der Waals surface area contributed by atoms with Gasteiger partial charge in [0.25, 0.3) is 0 Å². The van der Waals surface area contributed by atoms with Gasteiger partial charge in [-0.2, -0.15) is 0 Å². The van der Waals surface area contributed by atoms with Crippen molar-refractivity contribution in [1.29, 1.82) is 0 Å². The molecule has 0 aromatic rings. The molecule has 0 unspecified atom stereocenters. The van der Waals surface area contributed by atoms with Gasteiger partial charge in [0.05, 0.1) is 0 Å². The van der Waals surface area contributed by atoms with Crippen LogP contribution in [0.5, 0.6) is 0 Å². The van der Waals surface area contributed by atoms with Gasteiger partial charge in [-0.3, -0.25) is 0 Å². The first kappa shape index (κ1) is 16.3. The van der Waals surface area contributed by atoms with Crippen LogP contribution in [0.15, 0.2) is 0 Å². The predicted octanol–water partition coefficient (Wildman–Crippen LogP) is 0.0552. The van der Waals surface area contributed by atoms with Gasteiger partial charge >= 0.3 is 23.9 Å². The zero-order valence-corrected chi connectivity index (χ0v) is 9.27. The molecule has 0 spiro atoms. The van der Waals surface area contributed by atoms with E-state index in [1.807, 2.05) is 27.7 Å². The summed E-state index contributed by atoms with van der Waals surface area (Å²) in [6.45, 7) is 8.00. The van der Waals surface area contributed by atoms with E-state index in [2.05, 4.69) is 19.6 Å². The molecule has 1 heterocycles. The second-order valence-electron chi connectivity index (χ2n) is 1.48. The highest BCUT2D eigenvalue weighted by Crippen LogP contribution is 1.95. The van der Waals surface area contributed by atoms with Crippen LogP contribution in [0.25, 0.3) is 0 Å². The lowest BCUT2D eigenvalue weighted by Crippen LogP contribution is -2.31. The Morgan fingerprint density at radius 2 is 0.625 bits per heavy atom. The largest absolute Gasteiger partial charge is 0.467 e. The molecule has 0 amide bonds. The lowest BCUT2D eigenvalue weighted by Gasteiger charge is -2.04. The van der Waals surface area contributed by atoms with Gasteiger partial charge in [-0.25, -0.2) is 38.7 Å². The van der Waals surface area contributed by atoms with E-state index in [1.165, 1.54) is 0 Å². The van der Waals surface area contributed by atoms with Crippen molar-refractivity contribution in [3.63, 3.8) is 0 Å². The third-order valence-corrected chi connectivity index (χ3v) is 0.719. The van der Waals surface area contributed by atoms with Crippen molar-refractivity contribution in [2.24, 2.45) is 0 Å². The number of carbonyl (C=O) groups excluding carboxylic acids is 4. The van der Waals surface area contributed by atoms with Gasteiger partial charge in [0.1, 0.15) is 0 Å². The molecule has 8 nitrogen and oxygen atoms in total. The van der Waals surface area contributed by atoms with Gasteiger partial charge in [0, 0.05) is 0 Å². The van der Waals surface area contributed by atoms with Crippen LogP contribution in [0.2, 0.25) is 0 Å². The quantitative estimate of drug-likeness (QED) is 0.429. The molecule has 1 saturated heterocycles. The Labute approximate surface area is 91.3 Å². The molecule has 0 N–H and O–H groups in total. The van der Waals surface area contributed by atoms with Gasteiger partial charge < -0.3 is 0 Å². The fourth-order valence-corrected chi connectivity index (χ4v) is 0.287. The van der Waals surface area contributed by atoms with Crippen molar-refractivity contribution in [3.8, 4) is 0 Å². The summed E-state index contributed by atoms with van der Waals surface area (Å²) in [5.41, 5.74) is 0. The maximum Gasteiger partial charge on any atom is 0.467 e. The minimum atomic E-state index is -1.60. The van der Waals surface area contributed by atoms with Gasteiger partial charge in [-0.05, 0) is 0 Å². The molecule has 0 aromatic heterocycles. The van der Waals surface area contributed by atoms with Crippen molar-refractivity contribution in [1.82, 2.24) is 0 Å². The van der Waals surface area contributed by atoms with Gasteiger partial charge in [-0.15, -0.1) is 0 Å². The molecule has 1 aliphatic rings. The Balaban J connectivity index is 0. The van der Waals surface area contributed by atoms with Crippen molar-refractivity contribution in [2.75, 3.05) is 0 Å². The third-order valence-electron chi connectivity index (χ3n) is 0.719. The molecule has 92 valence electrons. The van der Waals surface area contributed by atoms with E-state index in [0.29, 0.717) is 0 Å². The maximum atomic E-state index is 10.3. The fourth-order valence-electron chi connectivity index (χ4n) is 0.287. The van der Waals surface area contributed by atoms with Crippen molar-refractivity contribution in [2.45, 2.75) is 27.7 Å². The van der Waals surface area contributed by atoms with Crippen LogP contribution in [0.4, 0.5) is 0 Å². The second kappa shape index (κ2) is 9.44. The molecule has 0 aliphatic carbocycles. The van der Waals surface area contributed by atoms with E-state index in [1.54, 1.807) is 0 Å². The van der Waals surface area contributed by atoms with Crippen LogP contribution >= 0.6 is 0 Å². The Kier molecular flexibility index (Phi) is 9.62. The maximum absolute atomic E-state index is 10.3. The molecular formula is C8H12O8. The Morgan fingerprint density at radius 1 is 0.500 bits per heavy atom. The lowest BCUT2D eigenvalue weighted by molar-refractivity contribution is -0.296. The fraction of sp³-hybridized carbons (Fsp3) is 0.500. The average molecular weight is 236 g/mol. The highest BCUT2D eigenvalue weighted by atomic mass is 17.3. The monoisotopic (exact) mass is 236 g/mol. The lowest BCUT2D eigenvalue weighted by atomic mass is 10.7. The predicted molar refractivity (Wildman–Crippen MR) is 47.1 cm³/mol. The molecule has 0 saturated carbocycles. The molecule has 8 heteroatoms. The van der Waals surface area contributed by atoms with Crippen LogP contribution < -0.4 is 0 Å². The zero-order chi connectivity index (χ0) is 13.1. The first-order chi connectivity index (χ1) is 7.61. The zero-order valence-electron chi connectivity index (χ0n) is 9.27. The first-order valence-electron chi connectivity index (χ1n) is 4.47. The van der Waals surface area contributed by atoms with Crippen molar-refractivity contribution >= 4 is 23.9 Å². The molecule has 1 fully saturated rings. The third kappa shape index (κ3) is 5.58. The highest BCUT2D eigenvalue weighted by molar-refractivity contribution is 6.33. The first-order valence-corrected chi connectivity index (χ1v) is 4.47. The standard InChI is InChI=1S/C4O8.2C2H6/c5-1-2(6)10-12-4(8)3(7)11-9-1;2*1-2/h;2*1-2H3. The molecule has 1 rings (SSSR count). The Morgan fingerprint density at radius 3 is 0.750 bits per heavy atom. The van der Waals surface area contributed by atoms with Crippen LogP contribution in [0.3, 0.4) is 0 Å². The minimum Gasteiger partial charge on any atom is -0.233 e. The van der Waals surface area contributed by atoms with E-state index >= 15 is 0 Å². The van der Waals surface area contributed by atoms with E-state index < -0.39 is 23.9 Å². The number of hydrogen-bond acceptors (Lipinski definition) is 8. The van der Waals surface area contributed by atoms with Crippen LogP contribution in [0.1, 0.15) is 27.7 Å². The summed E-state index contributed by atoms with van der Waals surface area (Å²) >= 11 is 0. The van der Waals surface area contributed by atoms with Gasteiger partial charge in [0.2, 0.25) is 0 Å². The summed E-state index contributed by atoms with van der Waals surface area (Å²) in [6, 6.07) is 0. The molecule has 0 atom stereocenters. The molecule has 0 bridgehead atoms. The Hall–Kier alpha value is -2.12. The molecule has 0 radical (unpaired) electrons. The SMILES string of the molecule is CC.CC.O=C1OOC(=O)C(=O)OOC1=O. The van der Waals surface area contributed by atoms with E-state index in [-0.39, 0.29) is 0 Å². The van der Waals surface area contributed by atoms with Crippen molar-refractivity contribution < 1.29 is 38.7 Å². The molecule has 16 heavy (non-hydrogen) atoms. The number of rotatable bonds is 0. The van der Waals surface area contributed by atoms with E-state index in [4.69, 9.17) is 0 Å². The summed E-state index contributed by atoms with van der Waals surface area (Å²) in [6.07, 6.45) is 0. The topological polar surface area (TPSA) is 105 Å². The Bertz CT molecular complexity index is 213. The smallest absolute Gasteiger partial charge is 0.233 e. The van der Waals surface area contributed by atoms with Crippen molar-refractivity contribution in [3.05, 3.63) is 0 Å². The number of hydrogen-bond donors (Lipinski definition) is 0. The summed E-state index contributed by atoms with van der Waals surface area (Å²) in [7, 11) is 0. The second-order valence-corrected chi connectivity index (χ2v) is 1.48. The molecule has 1 aliphatic heterocycles. The van der Waals surface area contributed by atoms with Crippen LogP contribution in [-0.4, -0.2) is 23.9 Å². The normalized spacial score (nSPS) is 14.2. The highest BCUT2D eigenvalue weighted by Gasteiger charge is 2.32. The van der Waals surface area contributed by atoms with Gasteiger partial charge in [0.15, 0.2) is 0 Å². The average Bonchev–Trinajstić information content (AvgIpc) is 2.35. The summed E-state index contributed by atoms with van der Waals surface area (Å²) in [5.74, 6) is -6.40. The molecular weight excluding hydrogens is 224 g/mol. The summed E-state index contributed by atoms with van der Waals surface area (Å²) < 4.78 is 0. The summed E-state index contributed by atoms with van der Waals surface area (Å²) in [4.78, 5) is 55.1. The van der Waals surface area contributed by atoms with E-state index in [0.717, 1.165) is 0 Å². The minimum absolute atomic E-state index is 1.60. The summed E-state index contributed by atoms with van der Waals surface area (Å²) in [5, 5.41) is 0. The van der Waals surface area contributed by atoms with Gasteiger partial charge in [-0.1, -0.05) is 27.7 Å². The van der Waals surface area contributed by atoms with Crippen LogP contribution in [0, 0.1) is 0 Å². The van der Waals surface area contributed by atoms with E-state index in [9.17, 15) is 19.2 Å². The molecule has 0 aromatic carbocycles. The number of carbonyl (C=O) groups is 4. The van der Waals surface area contributed by atoms with Crippen LogP contribution in [-0.2, 0) is 38.7 Å².